The SMILES string of the molecule is O=C(Cc1cc(C(F)(F)F)ccc1Cl)N1CC2CN(Cc3c(-c4ccc(Br)cc4)nc4ccccn34)CC2C1. The summed E-state index contributed by atoms with van der Waals surface area (Å²) < 4.78 is 42.6. The third kappa shape index (κ3) is 5.32. The van der Waals surface area contributed by atoms with Crippen LogP contribution in [0, 0.1) is 11.8 Å². The van der Waals surface area contributed by atoms with Gasteiger partial charge in [-0.2, -0.15) is 13.2 Å². The molecule has 4 aromatic rings. The number of hydrogen-bond acceptors (Lipinski definition) is 3. The molecule has 6 rings (SSSR count). The van der Waals surface area contributed by atoms with E-state index < -0.39 is 11.7 Å². The van der Waals surface area contributed by atoms with E-state index in [0.29, 0.717) is 24.9 Å². The molecule has 1 amide bonds. The summed E-state index contributed by atoms with van der Waals surface area (Å²) in [6.45, 7) is 3.63. The number of carbonyl (C=O) groups excluding carboxylic acids is 1. The quantitative estimate of drug-likeness (QED) is 0.255. The fourth-order valence-corrected chi connectivity index (χ4v) is 6.28. The third-order valence-corrected chi connectivity index (χ3v) is 8.65. The van der Waals surface area contributed by atoms with Gasteiger partial charge in [0.05, 0.1) is 23.4 Å². The summed E-state index contributed by atoms with van der Waals surface area (Å²) in [6.07, 6.45) is -2.57. The molecular formula is C29H25BrClF3N4O. The van der Waals surface area contributed by atoms with Crippen molar-refractivity contribution in [3.05, 3.63) is 93.2 Å². The molecular weight excluding hydrogens is 593 g/mol. The average Bonchev–Trinajstić information content (AvgIpc) is 3.57. The summed E-state index contributed by atoms with van der Waals surface area (Å²) in [5.41, 5.74) is 3.46. The summed E-state index contributed by atoms with van der Waals surface area (Å²) in [7, 11) is 0. The molecule has 2 fully saturated rings. The summed E-state index contributed by atoms with van der Waals surface area (Å²) in [4.78, 5) is 22.1. The number of rotatable bonds is 5. The number of fused-ring (bicyclic) bond motifs is 2. The fourth-order valence-electron chi connectivity index (χ4n) is 5.83. The number of nitrogens with zero attached hydrogens (tertiary/aromatic N) is 4. The second-order valence-electron chi connectivity index (χ2n) is 10.3. The number of imidazole rings is 1. The van der Waals surface area contributed by atoms with Crippen LogP contribution < -0.4 is 0 Å². The van der Waals surface area contributed by atoms with Crippen molar-refractivity contribution in [2.75, 3.05) is 26.2 Å². The molecule has 2 aliphatic heterocycles. The van der Waals surface area contributed by atoms with Crippen molar-refractivity contribution in [1.29, 1.82) is 0 Å². The van der Waals surface area contributed by atoms with Gasteiger partial charge in [0.15, 0.2) is 0 Å². The zero-order chi connectivity index (χ0) is 27.3. The lowest BCUT2D eigenvalue weighted by atomic mass is 10.0. The Morgan fingerprint density at radius 3 is 2.41 bits per heavy atom. The molecule has 0 aliphatic carbocycles. The van der Waals surface area contributed by atoms with E-state index in [-0.39, 0.29) is 22.9 Å². The summed E-state index contributed by atoms with van der Waals surface area (Å²) in [6, 6.07) is 17.3. The number of likely N-dealkylation sites (tertiary alicyclic amines) is 2. The third-order valence-electron chi connectivity index (χ3n) is 7.75. The highest BCUT2D eigenvalue weighted by molar-refractivity contribution is 9.10. The Balaban J connectivity index is 1.14. The smallest absolute Gasteiger partial charge is 0.342 e. The molecule has 0 bridgehead atoms. The van der Waals surface area contributed by atoms with E-state index in [9.17, 15) is 18.0 Å². The molecule has 202 valence electrons. The van der Waals surface area contributed by atoms with Crippen LogP contribution in [0.15, 0.2) is 71.3 Å². The normalized spacial score (nSPS) is 19.7. The van der Waals surface area contributed by atoms with Crippen LogP contribution in [0.5, 0.6) is 0 Å². The van der Waals surface area contributed by atoms with E-state index >= 15 is 0 Å². The number of pyridine rings is 1. The zero-order valence-corrected chi connectivity index (χ0v) is 23.2. The largest absolute Gasteiger partial charge is 0.416 e. The minimum atomic E-state index is -4.48. The number of benzene rings is 2. The average molecular weight is 618 g/mol. The molecule has 0 spiro atoms. The van der Waals surface area contributed by atoms with Crippen LogP contribution in [0.1, 0.15) is 16.8 Å². The van der Waals surface area contributed by atoms with Gasteiger partial charge in [0.1, 0.15) is 5.65 Å². The maximum Gasteiger partial charge on any atom is 0.416 e. The summed E-state index contributed by atoms with van der Waals surface area (Å²) >= 11 is 9.64. The fraction of sp³-hybridized carbons (Fsp3) is 0.310. The highest BCUT2D eigenvalue weighted by Crippen LogP contribution is 2.35. The van der Waals surface area contributed by atoms with Crippen molar-refractivity contribution < 1.29 is 18.0 Å². The standard InChI is InChI=1S/C29H25BrClF3N4O/c30-23-7-4-18(5-8-23)28-25(38-10-2-1-3-26(38)35-28)17-36-13-20-15-37(16-21(20)14-36)27(39)12-19-11-22(29(32,33)34)6-9-24(19)31/h1-11,20-21H,12-17H2. The van der Waals surface area contributed by atoms with Gasteiger partial charge >= 0.3 is 6.18 Å². The van der Waals surface area contributed by atoms with Gasteiger partial charge in [-0.05, 0) is 59.9 Å². The molecule has 0 N–H and O–H groups in total. The maximum absolute atomic E-state index is 13.1. The highest BCUT2D eigenvalue weighted by atomic mass is 79.9. The number of amides is 1. The van der Waals surface area contributed by atoms with Crippen LogP contribution in [-0.2, 0) is 23.9 Å². The van der Waals surface area contributed by atoms with E-state index in [1.807, 2.05) is 36.5 Å². The van der Waals surface area contributed by atoms with Gasteiger partial charge in [0.25, 0.3) is 0 Å². The second kappa shape index (κ2) is 10.3. The second-order valence-corrected chi connectivity index (χ2v) is 11.7. The number of aromatic nitrogens is 2. The summed E-state index contributed by atoms with van der Waals surface area (Å²) in [5, 5.41) is 0.177. The van der Waals surface area contributed by atoms with Crippen LogP contribution in [0.3, 0.4) is 0 Å². The molecule has 4 heterocycles. The van der Waals surface area contributed by atoms with E-state index in [2.05, 4.69) is 37.4 Å². The Labute approximate surface area is 237 Å². The molecule has 0 radical (unpaired) electrons. The van der Waals surface area contributed by atoms with Crippen LogP contribution in [0.4, 0.5) is 13.2 Å². The van der Waals surface area contributed by atoms with Crippen LogP contribution in [0.2, 0.25) is 5.02 Å². The Morgan fingerprint density at radius 2 is 1.72 bits per heavy atom. The topological polar surface area (TPSA) is 40.9 Å². The number of hydrogen-bond donors (Lipinski definition) is 0. The first-order valence-electron chi connectivity index (χ1n) is 12.7. The summed E-state index contributed by atoms with van der Waals surface area (Å²) in [5.74, 6) is 0.457. The van der Waals surface area contributed by atoms with Gasteiger partial charge in [-0.1, -0.05) is 45.7 Å². The number of halogens is 5. The predicted octanol–water partition coefficient (Wildman–Crippen LogP) is 6.57. The molecule has 2 aromatic heterocycles. The molecule has 2 aromatic carbocycles. The molecule has 2 aliphatic rings. The van der Waals surface area contributed by atoms with Crippen molar-refractivity contribution in [2.45, 2.75) is 19.1 Å². The van der Waals surface area contributed by atoms with Gasteiger partial charge in [0.2, 0.25) is 5.91 Å². The Kier molecular flexibility index (Phi) is 6.93. The van der Waals surface area contributed by atoms with Gasteiger partial charge in [-0.15, -0.1) is 0 Å². The van der Waals surface area contributed by atoms with E-state index in [0.717, 1.165) is 58.8 Å². The maximum atomic E-state index is 13.1. The van der Waals surface area contributed by atoms with Crippen molar-refractivity contribution in [1.82, 2.24) is 19.2 Å². The monoisotopic (exact) mass is 616 g/mol. The lowest BCUT2D eigenvalue weighted by Crippen LogP contribution is -2.34. The highest BCUT2D eigenvalue weighted by Gasteiger charge is 2.42. The minimum absolute atomic E-state index is 0.135. The van der Waals surface area contributed by atoms with Gasteiger partial charge in [-0.25, -0.2) is 4.98 Å². The molecule has 5 nitrogen and oxygen atoms in total. The predicted molar refractivity (Wildman–Crippen MR) is 147 cm³/mol. The molecule has 2 atom stereocenters. The van der Waals surface area contributed by atoms with Gasteiger partial charge < -0.3 is 9.30 Å². The number of alkyl halides is 3. The number of carbonyl (C=O) groups is 1. The molecule has 39 heavy (non-hydrogen) atoms. The Hall–Kier alpha value is -2.88. The zero-order valence-electron chi connectivity index (χ0n) is 20.8. The van der Waals surface area contributed by atoms with Gasteiger partial charge in [0, 0.05) is 54.0 Å². The van der Waals surface area contributed by atoms with Crippen LogP contribution in [0.25, 0.3) is 16.9 Å². The van der Waals surface area contributed by atoms with Gasteiger partial charge in [-0.3, -0.25) is 9.69 Å². The molecule has 2 saturated heterocycles. The Morgan fingerprint density at radius 1 is 1.00 bits per heavy atom. The first-order valence-corrected chi connectivity index (χ1v) is 13.9. The minimum Gasteiger partial charge on any atom is -0.342 e. The van der Waals surface area contributed by atoms with Crippen molar-refractivity contribution in [2.24, 2.45) is 11.8 Å². The van der Waals surface area contributed by atoms with Crippen LogP contribution in [-0.4, -0.2) is 51.3 Å². The Bertz CT molecular complexity index is 1520. The molecule has 2 unspecified atom stereocenters. The van der Waals surface area contributed by atoms with Crippen molar-refractivity contribution in [3.8, 4) is 11.3 Å². The van der Waals surface area contributed by atoms with Crippen molar-refractivity contribution >= 4 is 39.1 Å². The lowest BCUT2D eigenvalue weighted by Gasteiger charge is -2.22. The first-order chi connectivity index (χ1) is 18.7. The van der Waals surface area contributed by atoms with E-state index in [4.69, 9.17) is 16.6 Å². The molecule has 10 heteroatoms. The van der Waals surface area contributed by atoms with E-state index in [1.54, 1.807) is 4.90 Å². The van der Waals surface area contributed by atoms with E-state index in [1.165, 1.54) is 6.07 Å². The first kappa shape index (κ1) is 26.3. The molecule has 0 saturated carbocycles. The van der Waals surface area contributed by atoms with Crippen molar-refractivity contribution in [3.63, 3.8) is 0 Å². The lowest BCUT2D eigenvalue weighted by molar-refractivity contribution is -0.138. The van der Waals surface area contributed by atoms with Crippen LogP contribution >= 0.6 is 27.5 Å².